The maximum Gasteiger partial charge on any atom is 0.387 e. The smallest absolute Gasteiger partial charge is 0.387 e. The lowest BCUT2D eigenvalue weighted by atomic mass is 10.2. The van der Waals surface area contributed by atoms with Crippen LogP contribution in [0, 0.1) is 0 Å². The Bertz CT molecular complexity index is 898. The Kier molecular flexibility index (Phi) is 5.98. The second-order valence-corrected chi connectivity index (χ2v) is 5.31. The Morgan fingerprint density at radius 2 is 1.96 bits per heavy atom. The van der Waals surface area contributed by atoms with Gasteiger partial charge in [0.05, 0.1) is 13.3 Å². The molecule has 0 saturated heterocycles. The highest BCUT2D eigenvalue weighted by atomic mass is 19.3. The van der Waals surface area contributed by atoms with Crippen molar-refractivity contribution in [3.8, 4) is 23.0 Å². The lowest BCUT2D eigenvalue weighted by molar-refractivity contribution is -0.0512. The van der Waals surface area contributed by atoms with Crippen molar-refractivity contribution in [3.05, 3.63) is 66.1 Å². The summed E-state index contributed by atoms with van der Waals surface area (Å²) in [7, 11) is 1.36. The number of rotatable bonds is 8. The summed E-state index contributed by atoms with van der Waals surface area (Å²) in [5.74, 6) is 0.613. The highest BCUT2D eigenvalue weighted by Gasteiger charge is 2.10. The fraction of sp³-hybridized carbons (Fsp3) is 0.158. The molecule has 1 heterocycles. The number of oxazole rings is 1. The van der Waals surface area contributed by atoms with Crippen molar-refractivity contribution in [3.63, 3.8) is 0 Å². The zero-order valence-corrected chi connectivity index (χ0v) is 14.3. The van der Waals surface area contributed by atoms with E-state index < -0.39 is 6.61 Å². The van der Waals surface area contributed by atoms with E-state index in [1.807, 2.05) is 30.3 Å². The molecule has 0 radical (unpaired) electrons. The number of aromatic nitrogens is 1. The van der Waals surface area contributed by atoms with Crippen LogP contribution >= 0.6 is 0 Å². The molecule has 0 atom stereocenters. The molecule has 140 valence electrons. The second-order valence-electron chi connectivity index (χ2n) is 5.31. The maximum atomic E-state index is 12.3. The Morgan fingerprint density at radius 3 is 2.70 bits per heavy atom. The van der Waals surface area contributed by atoms with E-state index in [0.717, 1.165) is 5.56 Å². The Labute approximate surface area is 154 Å². The van der Waals surface area contributed by atoms with Crippen LogP contribution in [0.25, 0.3) is 11.5 Å². The van der Waals surface area contributed by atoms with Gasteiger partial charge in [-0.1, -0.05) is 23.4 Å². The van der Waals surface area contributed by atoms with Gasteiger partial charge in [0.25, 0.3) is 0 Å². The summed E-state index contributed by atoms with van der Waals surface area (Å²) in [6.07, 6.45) is 2.92. The molecule has 2 aromatic carbocycles. The third-order valence-corrected chi connectivity index (χ3v) is 3.46. The molecule has 3 rings (SSSR count). The van der Waals surface area contributed by atoms with E-state index in [4.69, 9.17) is 14.0 Å². The van der Waals surface area contributed by atoms with Crippen LogP contribution in [0.1, 0.15) is 11.3 Å². The normalized spacial score (nSPS) is 11.1. The van der Waals surface area contributed by atoms with Crippen LogP contribution < -0.4 is 9.47 Å². The van der Waals surface area contributed by atoms with Crippen LogP contribution in [0.4, 0.5) is 8.78 Å². The number of nitrogens with zero attached hydrogens (tertiary/aromatic N) is 2. The monoisotopic (exact) mass is 374 g/mol. The molecular weight excluding hydrogens is 358 g/mol. The van der Waals surface area contributed by atoms with Crippen LogP contribution in [-0.2, 0) is 11.4 Å². The Hall–Kier alpha value is -3.42. The lowest BCUT2D eigenvalue weighted by Crippen LogP contribution is -2.03. The zero-order chi connectivity index (χ0) is 19.1. The van der Waals surface area contributed by atoms with E-state index in [1.54, 1.807) is 6.07 Å². The summed E-state index contributed by atoms with van der Waals surface area (Å²) < 4.78 is 39.4. The first-order chi connectivity index (χ1) is 13.2. The minimum absolute atomic E-state index is 0.0541. The van der Waals surface area contributed by atoms with Gasteiger partial charge in [0.2, 0.25) is 5.89 Å². The number of hydrogen-bond donors (Lipinski definition) is 0. The van der Waals surface area contributed by atoms with Gasteiger partial charge < -0.3 is 18.7 Å². The van der Waals surface area contributed by atoms with Crippen molar-refractivity contribution >= 4 is 6.21 Å². The molecule has 8 heteroatoms. The first-order valence-electron chi connectivity index (χ1n) is 7.93. The second kappa shape index (κ2) is 8.79. The third kappa shape index (κ3) is 5.04. The van der Waals surface area contributed by atoms with Crippen molar-refractivity contribution in [1.29, 1.82) is 0 Å². The van der Waals surface area contributed by atoms with Crippen LogP contribution in [0.15, 0.2) is 64.4 Å². The van der Waals surface area contributed by atoms with Crippen molar-refractivity contribution in [2.75, 3.05) is 7.11 Å². The van der Waals surface area contributed by atoms with E-state index in [-0.39, 0.29) is 18.1 Å². The molecule has 3 aromatic rings. The number of ether oxygens (including phenoxy) is 2. The summed E-state index contributed by atoms with van der Waals surface area (Å²) in [6.45, 7) is -2.80. The molecule has 0 aliphatic carbocycles. The first kappa shape index (κ1) is 18.4. The minimum Gasteiger partial charge on any atom is -0.493 e. The molecule has 0 fully saturated rings. The summed E-state index contributed by atoms with van der Waals surface area (Å²) in [4.78, 5) is 9.51. The van der Waals surface area contributed by atoms with Crippen LogP contribution in [-0.4, -0.2) is 24.9 Å². The van der Waals surface area contributed by atoms with Crippen LogP contribution in [0.5, 0.6) is 11.5 Å². The van der Waals surface area contributed by atoms with E-state index in [0.29, 0.717) is 17.1 Å². The van der Waals surface area contributed by atoms with Crippen molar-refractivity contribution in [1.82, 2.24) is 4.98 Å². The number of oxime groups is 1. The van der Waals surface area contributed by atoms with Crippen molar-refractivity contribution in [2.45, 2.75) is 13.2 Å². The standard InChI is InChI=1S/C19H16F2N2O4/c1-24-17-9-13(7-8-16(17)27-19(20)21)10-22-26-12-15-11-25-18(23-15)14-5-3-2-4-6-14/h2-11,19H,12H2,1H3. The highest BCUT2D eigenvalue weighted by molar-refractivity contribution is 5.80. The molecule has 0 N–H and O–H groups in total. The van der Waals surface area contributed by atoms with Gasteiger partial charge in [0, 0.05) is 11.1 Å². The fourth-order valence-corrected chi connectivity index (χ4v) is 2.25. The Morgan fingerprint density at radius 1 is 1.15 bits per heavy atom. The van der Waals surface area contributed by atoms with Gasteiger partial charge in [-0.15, -0.1) is 0 Å². The summed E-state index contributed by atoms with van der Waals surface area (Å²) in [5.41, 5.74) is 2.05. The molecular formula is C19H16F2N2O4. The predicted molar refractivity (Wildman–Crippen MR) is 93.9 cm³/mol. The van der Waals surface area contributed by atoms with Gasteiger partial charge in [-0.05, 0) is 30.3 Å². The number of benzene rings is 2. The summed E-state index contributed by atoms with van der Waals surface area (Å²) in [6, 6.07) is 13.9. The Balaban J connectivity index is 1.57. The molecule has 0 saturated carbocycles. The van der Waals surface area contributed by atoms with E-state index in [1.165, 1.54) is 31.7 Å². The SMILES string of the molecule is COc1cc(C=NOCc2coc(-c3ccccc3)n2)ccc1OC(F)F. The van der Waals surface area contributed by atoms with E-state index in [9.17, 15) is 8.78 Å². The maximum absolute atomic E-state index is 12.3. The largest absolute Gasteiger partial charge is 0.493 e. The molecule has 0 amide bonds. The van der Waals surface area contributed by atoms with E-state index >= 15 is 0 Å². The average molecular weight is 374 g/mol. The molecule has 0 aliphatic heterocycles. The molecule has 27 heavy (non-hydrogen) atoms. The zero-order valence-electron chi connectivity index (χ0n) is 14.3. The lowest BCUT2D eigenvalue weighted by Gasteiger charge is -2.09. The van der Waals surface area contributed by atoms with Gasteiger partial charge >= 0.3 is 6.61 Å². The third-order valence-electron chi connectivity index (χ3n) is 3.46. The quantitative estimate of drug-likeness (QED) is 0.429. The molecule has 0 aliphatic rings. The van der Waals surface area contributed by atoms with Gasteiger partial charge in [-0.2, -0.15) is 8.78 Å². The minimum atomic E-state index is -2.93. The van der Waals surface area contributed by atoms with Gasteiger partial charge in [0.15, 0.2) is 18.1 Å². The van der Waals surface area contributed by atoms with Crippen molar-refractivity contribution in [2.24, 2.45) is 5.16 Å². The highest BCUT2D eigenvalue weighted by Crippen LogP contribution is 2.29. The summed E-state index contributed by atoms with van der Waals surface area (Å²) in [5, 5.41) is 3.83. The van der Waals surface area contributed by atoms with Gasteiger partial charge in [0.1, 0.15) is 12.0 Å². The van der Waals surface area contributed by atoms with Gasteiger partial charge in [-0.3, -0.25) is 0 Å². The molecule has 0 bridgehead atoms. The molecule has 0 unspecified atom stereocenters. The fourth-order valence-electron chi connectivity index (χ4n) is 2.25. The van der Waals surface area contributed by atoms with Gasteiger partial charge in [-0.25, -0.2) is 4.98 Å². The molecule has 1 aromatic heterocycles. The number of alkyl halides is 2. The number of hydrogen-bond acceptors (Lipinski definition) is 6. The summed E-state index contributed by atoms with van der Waals surface area (Å²) >= 11 is 0. The number of halogens is 2. The molecule has 6 nitrogen and oxygen atoms in total. The average Bonchev–Trinajstić information content (AvgIpc) is 3.15. The van der Waals surface area contributed by atoms with Crippen LogP contribution in [0.2, 0.25) is 0 Å². The number of methoxy groups -OCH3 is 1. The topological polar surface area (TPSA) is 66.1 Å². The van der Waals surface area contributed by atoms with E-state index in [2.05, 4.69) is 14.9 Å². The van der Waals surface area contributed by atoms with Crippen LogP contribution in [0.3, 0.4) is 0 Å². The predicted octanol–water partition coefficient (Wildman–Crippen LogP) is 4.50. The van der Waals surface area contributed by atoms with Crippen molar-refractivity contribution < 1.29 is 27.5 Å². The first-order valence-corrected chi connectivity index (χ1v) is 7.93. The molecule has 0 spiro atoms.